The number of alkyl halides is 3. The van der Waals surface area contributed by atoms with Crippen molar-refractivity contribution in [3.8, 4) is 5.75 Å². The molecule has 34 heavy (non-hydrogen) atoms. The first-order valence-corrected chi connectivity index (χ1v) is 10.7. The van der Waals surface area contributed by atoms with Crippen LogP contribution >= 0.6 is 0 Å². The smallest absolute Gasteiger partial charge is 0.416 e. The lowest BCUT2D eigenvalue weighted by atomic mass is 10.1. The topological polar surface area (TPSA) is 79.3 Å². The largest absolute Gasteiger partial charge is 0.494 e. The van der Waals surface area contributed by atoms with Gasteiger partial charge >= 0.3 is 18.2 Å². The van der Waals surface area contributed by atoms with Crippen LogP contribution in [0.2, 0.25) is 0 Å². The average Bonchev–Trinajstić information content (AvgIpc) is 3.06. The fourth-order valence-corrected chi connectivity index (χ4v) is 3.79. The third kappa shape index (κ3) is 6.40. The predicted octanol–water partition coefficient (Wildman–Crippen LogP) is 4.05. The fraction of sp³-hybridized carbons (Fsp3) is 0.417. The zero-order valence-corrected chi connectivity index (χ0v) is 18.9. The Bertz CT molecular complexity index is 980. The van der Waals surface area contributed by atoms with Crippen molar-refractivity contribution in [2.75, 3.05) is 27.3 Å². The van der Waals surface area contributed by atoms with E-state index in [1.54, 1.807) is 41.1 Å². The number of nitrogens with zero attached hydrogens (tertiary/aromatic N) is 2. The van der Waals surface area contributed by atoms with Crippen LogP contribution in [-0.2, 0) is 28.7 Å². The third-order valence-corrected chi connectivity index (χ3v) is 5.83. The summed E-state index contributed by atoms with van der Waals surface area (Å²) in [5.74, 6) is -0.396. The van der Waals surface area contributed by atoms with Crippen LogP contribution in [0.1, 0.15) is 23.1 Å². The van der Waals surface area contributed by atoms with Crippen molar-refractivity contribution in [1.29, 1.82) is 0 Å². The summed E-state index contributed by atoms with van der Waals surface area (Å²) in [4.78, 5) is 26.9. The number of aliphatic carboxylic acids is 1. The molecule has 7 nitrogen and oxygen atoms in total. The van der Waals surface area contributed by atoms with Crippen molar-refractivity contribution in [3.63, 3.8) is 0 Å². The van der Waals surface area contributed by atoms with Crippen LogP contribution in [-0.4, -0.2) is 66.4 Å². The maximum absolute atomic E-state index is 12.7. The van der Waals surface area contributed by atoms with Crippen molar-refractivity contribution in [3.05, 3.63) is 65.2 Å². The van der Waals surface area contributed by atoms with Crippen LogP contribution in [0.25, 0.3) is 0 Å². The number of hydrogen-bond donors (Lipinski definition) is 1. The number of carbonyl (C=O) groups excluding carboxylic acids is 1. The SMILES string of the molecule is CO[C@@H](Cc1ccc(OCC[C@H]2CN(Cc3ccc(C(F)(F)F)cc3)C(=O)N2C)cc1)C(=O)O. The lowest BCUT2D eigenvalue weighted by Crippen LogP contribution is -2.31. The molecule has 1 N–H and O–H groups in total. The van der Waals surface area contributed by atoms with Crippen molar-refractivity contribution in [1.82, 2.24) is 9.80 Å². The van der Waals surface area contributed by atoms with Crippen molar-refractivity contribution >= 4 is 12.0 Å². The van der Waals surface area contributed by atoms with E-state index >= 15 is 0 Å². The van der Waals surface area contributed by atoms with E-state index in [2.05, 4.69) is 0 Å². The van der Waals surface area contributed by atoms with Crippen molar-refractivity contribution in [2.24, 2.45) is 0 Å². The summed E-state index contributed by atoms with van der Waals surface area (Å²) in [6, 6.07) is 11.6. The van der Waals surface area contributed by atoms with E-state index in [1.165, 1.54) is 19.2 Å². The van der Waals surface area contributed by atoms with Crippen LogP contribution < -0.4 is 4.74 Å². The van der Waals surface area contributed by atoms with Crippen molar-refractivity contribution < 1.29 is 37.3 Å². The first-order valence-electron chi connectivity index (χ1n) is 10.7. The maximum Gasteiger partial charge on any atom is 0.416 e. The summed E-state index contributed by atoms with van der Waals surface area (Å²) in [5.41, 5.74) is 0.719. The van der Waals surface area contributed by atoms with Crippen LogP contribution in [0.5, 0.6) is 5.75 Å². The van der Waals surface area contributed by atoms with Gasteiger partial charge in [-0.25, -0.2) is 9.59 Å². The molecule has 0 saturated carbocycles. The molecule has 2 atom stereocenters. The molecule has 10 heteroatoms. The normalized spacial score (nSPS) is 17.2. The van der Waals surface area contributed by atoms with Gasteiger partial charge in [0.2, 0.25) is 0 Å². The molecule has 0 spiro atoms. The summed E-state index contributed by atoms with van der Waals surface area (Å²) >= 11 is 0. The Labute approximate surface area is 195 Å². The summed E-state index contributed by atoms with van der Waals surface area (Å²) in [7, 11) is 3.05. The summed E-state index contributed by atoms with van der Waals surface area (Å²) in [6.45, 7) is 1.05. The van der Waals surface area contributed by atoms with Crippen LogP contribution in [0.15, 0.2) is 48.5 Å². The minimum Gasteiger partial charge on any atom is -0.494 e. The first kappa shape index (κ1) is 25.4. The van der Waals surface area contributed by atoms with Gasteiger partial charge in [0.15, 0.2) is 6.10 Å². The Kier molecular flexibility index (Phi) is 8.03. The zero-order chi connectivity index (χ0) is 24.9. The quantitative estimate of drug-likeness (QED) is 0.555. The van der Waals surface area contributed by atoms with Gasteiger partial charge in [0.25, 0.3) is 0 Å². The molecular weight excluding hydrogens is 453 g/mol. The Hall–Kier alpha value is -3.27. The van der Waals surface area contributed by atoms with Crippen LogP contribution in [0, 0.1) is 0 Å². The molecule has 184 valence electrons. The highest BCUT2D eigenvalue weighted by molar-refractivity contribution is 5.77. The molecule has 0 radical (unpaired) electrons. The van der Waals surface area contributed by atoms with E-state index in [9.17, 15) is 22.8 Å². The molecule has 0 aromatic heterocycles. The lowest BCUT2D eigenvalue weighted by molar-refractivity contribution is -0.148. The standard InChI is InChI=1S/C24H27F3N2O5/c1-28-19(11-12-34-20-9-5-16(6-10-20)13-21(33-2)22(30)31)15-29(23(28)32)14-17-3-7-18(8-4-17)24(25,26)27/h3-10,19,21H,11-15H2,1-2H3,(H,30,31)/t19-,21-/m0/s1. The number of urea groups is 1. The Balaban J connectivity index is 1.48. The minimum absolute atomic E-state index is 0.0840. The van der Waals surface area contributed by atoms with Crippen LogP contribution in [0.3, 0.4) is 0 Å². The lowest BCUT2D eigenvalue weighted by Gasteiger charge is -2.18. The second-order valence-corrected chi connectivity index (χ2v) is 8.17. The van der Waals surface area contributed by atoms with Crippen molar-refractivity contribution in [2.45, 2.75) is 37.7 Å². The number of ether oxygens (including phenoxy) is 2. The highest BCUT2D eigenvalue weighted by Gasteiger charge is 2.34. The van der Waals surface area contributed by atoms with Gasteiger partial charge in [0.1, 0.15) is 5.75 Å². The maximum atomic E-state index is 12.7. The summed E-state index contributed by atoms with van der Waals surface area (Å²) in [5, 5.41) is 9.07. The third-order valence-electron chi connectivity index (χ3n) is 5.83. The molecule has 1 aliphatic rings. The van der Waals surface area contributed by atoms with E-state index < -0.39 is 23.8 Å². The van der Waals surface area contributed by atoms with Gasteiger partial charge in [-0.2, -0.15) is 13.2 Å². The number of carboxylic acid groups (broad SMARTS) is 1. The number of carboxylic acids is 1. The van der Waals surface area contributed by atoms with E-state index in [0.29, 0.717) is 30.9 Å². The average molecular weight is 480 g/mol. The molecule has 1 heterocycles. The molecule has 2 amide bonds. The molecule has 2 aromatic rings. The van der Waals surface area contributed by atoms with E-state index in [1.807, 2.05) is 0 Å². The molecule has 1 fully saturated rings. The number of carbonyl (C=O) groups is 2. The van der Waals surface area contributed by atoms with Gasteiger partial charge in [-0.1, -0.05) is 24.3 Å². The van der Waals surface area contributed by atoms with Gasteiger partial charge in [-0.15, -0.1) is 0 Å². The van der Waals surface area contributed by atoms with Gasteiger partial charge in [-0.3, -0.25) is 0 Å². The highest BCUT2D eigenvalue weighted by atomic mass is 19.4. The molecule has 1 saturated heterocycles. The number of methoxy groups -OCH3 is 1. The number of benzene rings is 2. The number of rotatable bonds is 10. The monoisotopic (exact) mass is 480 g/mol. The zero-order valence-electron chi connectivity index (χ0n) is 18.9. The molecule has 0 aliphatic carbocycles. The fourth-order valence-electron chi connectivity index (χ4n) is 3.79. The Morgan fingerprint density at radius 3 is 2.29 bits per heavy atom. The Morgan fingerprint density at radius 1 is 1.12 bits per heavy atom. The molecular formula is C24H27F3N2O5. The predicted molar refractivity (Wildman–Crippen MR) is 117 cm³/mol. The van der Waals surface area contributed by atoms with Gasteiger partial charge in [-0.05, 0) is 35.4 Å². The Morgan fingerprint density at radius 2 is 1.74 bits per heavy atom. The van der Waals surface area contributed by atoms with Crippen LogP contribution in [0.4, 0.5) is 18.0 Å². The second-order valence-electron chi connectivity index (χ2n) is 8.17. The van der Waals surface area contributed by atoms with E-state index in [4.69, 9.17) is 14.6 Å². The van der Waals surface area contributed by atoms with Gasteiger partial charge < -0.3 is 24.4 Å². The minimum atomic E-state index is -4.39. The number of halogens is 3. The molecule has 1 aliphatic heterocycles. The number of likely N-dealkylation sites (N-methyl/N-ethyl adjacent to an activating group) is 1. The second kappa shape index (κ2) is 10.8. The summed E-state index contributed by atoms with van der Waals surface area (Å²) in [6.07, 6.45) is -4.47. The first-order chi connectivity index (χ1) is 16.1. The number of hydrogen-bond acceptors (Lipinski definition) is 4. The molecule has 2 aromatic carbocycles. The molecule has 0 bridgehead atoms. The highest BCUT2D eigenvalue weighted by Crippen LogP contribution is 2.29. The van der Waals surface area contributed by atoms with E-state index in [0.717, 1.165) is 17.7 Å². The van der Waals surface area contributed by atoms with E-state index in [-0.39, 0.29) is 25.0 Å². The summed E-state index contributed by atoms with van der Waals surface area (Å²) < 4.78 is 48.9. The van der Waals surface area contributed by atoms with Gasteiger partial charge in [0.05, 0.1) is 18.2 Å². The molecule has 3 rings (SSSR count). The molecule has 0 unspecified atom stereocenters. The number of amides is 2. The van der Waals surface area contributed by atoms with Gasteiger partial charge in [0, 0.05) is 40.1 Å².